The molecule has 1 heterocycles. The van der Waals surface area contributed by atoms with Gasteiger partial charge in [-0.1, -0.05) is 6.92 Å². The molecule has 0 unspecified atom stereocenters. The molecular weight excluding hydrogens is 194 g/mol. The first-order chi connectivity index (χ1) is 7.24. The molecule has 0 radical (unpaired) electrons. The van der Waals surface area contributed by atoms with Crippen LogP contribution in [0.5, 0.6) is 5.75 Å². The van der Waals surface area contributed by atoms with Crippen molar-refractivity contribution in [2.45, 2.75) is 13.3 Å². The van der Waals surface area contributed by atoms with Crippen LogP contribution < -0.4 is 10.6 Å². The number of aromatic hydroxyl groups is 1. The van der Waals surface area contributed by atoms with Crippen molar-refractivity contribution >= 4 is 11.7 Å². The van der Waals surface area contributed by atoms with Crippen molar-refractivity contribution in [1.82, 2.24) is 10.3 Å². The Bertz CT molecular complexity index is 328. The van der Waals surface area contributed by atoms with Crippen LogP contribution in [0.3, 0.4) is 0 Å². The number of nitrogens with zero attached hydrogens (tertiary/aromatic N) is 1. The van der Waals surface area contributed by atoms with Gasteiger partial charge in [-0.3, -0.25) is 4.79 Å². The Morgan fingerprint density at radius 1 is 1.60 bits per heavy atom. The normalized spacial score (nSPS) is 9.93. The lowest BCUT2D eigenvalue weighted by molar-refractivity contribution is -0.116. The maximum atomic E-state index is 11.3. The van der Waals surface area contributed by atoms with Gasteiger partial charge < -0.3 is 15.7 Å². The molecule has 5 heteroatoms. The van der Waals surface area contributed by atoms with E-state index in [1.807, 2.05) is 6.92 Å². The molecule has 82 valence electrons. The summed E-state index contributed by atoms with van der Waals surface area (Å²) < 4.78 is 0. The molecule has 0 aliphatic heterocycles. The second-order valence-corrected chi connectivity index (χ2v) is 3.02. The van der Waals surface area contributed by atoms with Crippen molar-refractivity contribution < 1.29 is 9.90 Å². The minimum Gasteiger partial charge on any atom is -0.504 e. The van der Waals surface area contributed by atoms with Crippen molar-refractivity contribution in [3.63, 3.8) is 0 Å². The lowest BCUT2D eigenvalue weighted by Crippen LogP contribution is -2.21. The summed E-state index contributed by atoms with van der Waals surface area (Å²) in [5, 5.41) is 14.9. The minimum absolute atomic E-state index is 0.0192. The molecule has 1 aromatic rings. The highest BCUT2D eigenvalue weighted by molar-refractivity contribution is 5.91. The van der Waals surface area contributed by atoms with E-state index in [9.17, 15) is 9.90 Å². The van der Waals surface area contributed by atoms with Crippen LogP contribution in [0.15, 0.2) is 18.3 Å². The molecule has 3 N–H and O–H groups in total. The van der Waals surface area contributed by atoms with Crippen molar-refractivity contribution in [2.75, 3.05) is 18.4 Å². The average molecular weight is 209 g/mol. The van der Waals surface area contributed by atoms with E-state index >= 15 is 0 Å². The average Bonchev–Trinajstić information content (AvgIpc) is 2.22. The quantitative estimate of drug-likeness (QED) is 0.625. The highest BCUT2D eigenvalue weighted by atomic mass is 16.3. The highest BCUT2D eigenvalue weighted by Gasteiger charge is 2.05. The Hall–Kier alpha value is -1.62. The van der Waals surface area contributed by atoms with Crippen molar-refractivity contribution in [2.24, 2.45) is 0 Å². The lowest BCUT2D eigenvalue weighted by Gasteiger charge is -2.05. The third-order valence-electron chi connectivity index (χ3n) is 1.82. The monoisotopic (exact) mass is 209 g/mol. The van der Waals surface area contributed by atoms with Gasteiger partial charge in [0.25, 0.3) is 0 Å². The number of nitrogens with one attached hydrogen (secondary N) is 2. The first-order valence-corrected chi connectivity index (χ1v) is 4.88. The molecule has 1 aromatic heterocycles. The molecule has 0 aromatic carbocycles. The van der Waals surface area contributed by atoms with Gasteiger partial charge in [0.05, 0.1) is 0 Å². The van der Waals surface area contributed by atoms with Crippen LogP contribution in [0.1, 0.15) is 13.3 Å². The Morgan fingerprint density at radius 3 is 3.07 bits per heavy atom. The highest BCUT2D eigenvalue weighted by Crippen LogP contribution is 2.17. The Morgan fingerprint density at radius 2 is 2.40 bits per heavy atom. The van der Waals surface area contributed by atoms with Gasteiger partial charge in [-0.2, -0.15) is 0 Å². The summed E-state index contributed by atoms with van der Waals surface area (Å²) in [6.45, 7) is 3.43. The fourth-order valence-electron chi connectivity index (χ4n) is 1.07. The fraction of sp³-hybridized carbons (Fsp3) is 0.400. The van der Waals surface area contributed by atoms with E-state index in [0.717, 1.165) is 6.54 Å². The van der Waals surface area contributed by atoms with E-state index < -0.39 is 0 Å². The van der Waals surface area contributed by atoms with Gasteiger partial charge in [0.1, 0.15) is 0 Å². The standard InChI is InChI=1S/C10H15N3O2/c1-2-11-7-5-9(15)13-10-8(14)4-3-6-12-10/h3-4,6,11,14H,2,5,7H2,1H3,(H,12,13,15). The van der Waals surface area contributed by atoms with E-state index in [2.05, 4.69) is 15.6 Å². The second kappa shape index (κ2) is 5.98. The largest absolute Gasteiger partial charge is 0.504 e. The minimum atomic E-state index is -0.162. The molecule has 0 fully saturated rings. The number of hydrogen-bond acceptors (Lipinski definition) is 4. The number of amides is 1. The summed E-state index contributed by atoms with van der Waals surface area (Å²) in [6, 6.07) is 3.08. The lowest BCUT2D eigenvalue weighted by atomic mass is 10.3. The van der Waals surface area contributed by atoms with E-state index in [-0.39, 0.29) is 17.5 Å². The van der Waals surface area contributed by atoms with E-state index in [1.165, 1.54) is 12.3 Å². The number of carbonyl (C=O) groups excluding carboxylic acids is 1. The summed E-state index contributed by atoms with van der Waals surface area (Å²) in [4.78, 5) is 15.2. The molecule has 15 heavy (non-hydrogen) atoms. The van der Waals surface area contributed by atoms with Gasteiger partial charge in [-0.25, -0.2) is 4.98 Å². The smallest absolute Gasteiger partial charge is 0.226 e. The summed E-state index contributed by atoms with van der Waals surface area (Å²) in [5.74, 6) is 0.0262. The maximum Gasteiger partial charge on any atom is 0.226 e. The first-order valence-electron chi connectivity index (χ1n) is 4.88. The molecule has 0 saturated carbocycles. The van der Waals surface area contributed by atoms with Crippen LogP contribution in [-0.2, 0) is 4.79 Å². The van der Waals surface area contributed by atoms with Crippen LogP contribution in [-0.4, -0.2) is 29.1 Å². The predicted octanol–water partition coefficient (Wildman–Crippen LogP) is 0.725. The zero-order valence-electron chi connectivity index (χ0n) is 8.66. The second-order valence-electron chi connectivity index (χ2n) is 3.02. The van der Waals surface area contributed by atoms with Gasteiger partial charge in [0.2, 0.25) is 5.91 Å². The first kappa shape index (κ1) is 11.5. The molecule has 0 aliphatic rings. The fourth-order valence-corrected chi connectivity index (χ4v) is 1.07. The SMILES string of the molecule is CCNCCC(=O)Nc1ncccc1O. The molecule has 0 spiro atoms. The van der Waals surface area contributed by atoms with Gasteiger partial charge in [-0.15, -0.1) is 0 Å². The zero-order chi connectivity index (χ0) is 11.1. The van der Waals surface area contributed by atoms with Gasteiger partial charge in [0.15, 0.2) is 11.6 Å². The number of aromatic nitrogens is 1. The van der Waals surface area contributed by atoms with Crippen molar-refractivity contribution in [1.29, 1.82) is 0 Å². The van der Waals surface area contributed by atoms with Gasteiger partial charge in [0, 0.05) is 19.2 Å². The van der Waals surface area contributed by atoms with Crippen molar-refractivity contribution in [3.05, 3.63) is 18.3 Å². The Kier molecular flexibility index (Phi) is 4.56. The summed E-state index contributed by atoms with van der Waals surface area (Å²) >= 11 is 0. The predicted molar refractivity (Wildman–Crippen MR) is 57.7 cm³/mol. The number of anilines is 1. The summed E-state index contributed by atoms with van der Waals surface area (Å²) in [6.07, 6.45) is 1.88. The van der Waals surface area contributed by atoms with Crippen LogP contribution in [0.4, 0.5) is 5.82 Å². The van der Waals surface area contributed by atoms with Gasteiger partial charge in [-0.05, 0) is 18.7 Å². The maximum absolute atomic E-state index is 11.3. The number of pyridine rings is 1. The van der Waals surface area contributed by atoms with E-state index in [1.54, 1.807) is 6.07 Å². The molecule has 0 bridgehead atoms. The topological polar surface area (TPSA) is 74.2 Å². The molecule has 5 nitrogen and oxygen atoms in total. The van der Waals surface area contributed by atoms with E-state index in [0.29, 0.717) is 13.0 Å². The molecule has 1 amide bonds. The van der Waals surface area contributed by atoms with Crippen LogP contribution >= 0.6 is 0 Å². The molecule has 0 aliphatic carbocycles. The van der Waals surface area contributed by atoms with Crippen LogP contribution in [0.2, 0.25) is 0 Å². The number of hydrogen-bond donors (Lipinski definition) is 3. The third-order valence-corrected chi connectivity index (χ3v) is 1.82. The molecular formula is C10H15N3O2. The van der Waals surface area contributed by atoms with Gasteiger partial charge >= 0.3 is 0 Å². The number of carbonyl (C=O) groups is 1. The van der Waals surface area contributed by atoms with Crippen LogP contribution in [0.25, 0.3) is 0 Å². The molecule has 0 saturated heterocycles. The Balaban J connectivity index is 2.41. The third kappa shape index (κ3) is 3.95. The zero-order valence-corrected chi connectivity index (χ0v) is 8.66. The van der Waals surface area contributed by atoms with Crippen LogP contribution in [0, 0.1) is 0 Å². The number of rotatable bonds is 5. The Labute approximate surface area is 88.5 Å². The van der Waals surface area contributed by atoms with E-state index in [4.69, 9.17) is 0 Å². The summed E-state index contributed by atoms with van der Waals surface area (Å²) in [5.41, 5.74) is 0. The summed E-state index contributed by atoms with van der Waals surface area (Å²) in [7, 11) is 0. The molecule has 0 atom stereocenters. The van der Waals surface area contributed by atoms with Crippen molar-refractivity contribution in [3.8, 4) is 5.75 Å². The molecule has 1 rings (SSSR count).